The van der Waals surface area contributed by atoms with Crippen molar-refractivity contribution in [2.24, 2.45) is 0 Å². The van der Waals surface area contributed by atoms with E-state index in [0.717, 1.165) is 6.42 Å². The van der Waals surface area contributed by atoms with Crippen LogP contribution < -0.4 is 10.6 Å². The van der Waals surface area contributed by atoms with Gasteiger partial charge in [-0.15, -0.1) is 0 Å². The van der Waals surface area contributed by atoms with Gasteiger partial charge in [0.05, 0.1) is 6.04 Å². The van der Waals surface area contributed by atoms with Crippen LogP contribution >= 0.6 is 11.3 Å². The minimum absolute atomic E-state index is 0.222. The van der Waals surface area contributed by atoms with Gasteiger partial charge in [0.2, 0.25) is 5.91 Å². The maximum absolute atomic E-state index is 12.0. The molecule has 1 aromatic heterocycles. The lowest BCUT2D eigenvalue weighted by Gasteiger charge is -2.29. The van der Waals surface area contributed by atoms with Gasteiger partial charge in [-0.25, -0.2) is 4.79 Å². The van der Waals surface area contributed by atoms with Crippen molar-refractivity contribution in [3.8, 4) is 0 Å². The number of imide groups is 1. The van der Waals surface area contributed by atoms with Crippen LogP contribution in [0.3, 0.4) is 0 Å². The number of rotatable bonds is 6. The van der Waals surface area contributed by atoms with Crippen molar-refractivity contribution in [3.63, 3.8) is 0 Å². The first-order valence-corrected chi connectivity index (χ1v) is 7.71. The van der Waals surface area contributed by atoms with Crippen LogP contribution in [0, 0.1) is 0 Å². The number of hydrogen-bond acceptors (Lipinski definition) is 4. The third kappa shape index (κ3) is 4.94. The highest BCUT2D eigenvalue weighted by Crippen LogP contribution is 2.13. The van der Waals surface area contributed by atoms with Gasteiger partial charge >= 0.3 is 6.03 Å². The second-order valence-corrected chi connectivity index (χ2v) is 5.65. The number of carbonyl (C=O) groups excluding carboxylic acids is 2. The molecule has 20 heavy (non-hydrogen) atoms. The summed E-state index contributed by atoms with van der Waals surface area (Å²) in [4.78, 5) is 25.3. The van der Waals surface area contributed by atoms with Crippen molar-refractivity contribution < 1.29 is 9.59 Å². The molecular formula is C14H23N3O2S. The number of amides is 3. The van der Waals surface area contributed by atoms with E-state index in [1.165, 1.54) is 5.56 Å². The van der Waals surface area contributed by atoms with Crippen LogP contribution in [0.15, 0.2) is 16.8 Å². The zero-order valence-corrected chi connectivity index (χ0v) is 13.3. The quantitative estimate of drug-likeness (QED) is 0.842. The molecular weight excluding hydrogens is 274 g/mol. The van der Waals surface area contributed by atoms with Crippen molar-refractivity contribution >= 4 is 23.3 Å². The van der Waals surface area contributed by atoms with Crippen molar-refractivity contribution in [1.82, 2.24) is 15.5 Å². The minimum atomic E-state index is -0.441. The van der Waals surface area contributed by atoms with Gasteiger partial charge in [0, 0.05) is 12.6 Å². The standard InChI is InChI=1S/C14H23N3O2S/c1-5-15-14(19)16-13(18)11(3)17(4)10(2)8-12-6-7-20-9-12/h6-7,9-11H,5,8H2,1-4H3,(H2,15,16,18,19)/t10-,11+/m0/s1. The molecule has 0 bridgehead atoms. The molecule has 6 heteroatoms. The van der Waals surface area contributed by atoms with Crippen LogP contribution in [0.1, 0.15) is 26.3 Å². The molecule has 0 spiro atoms. The lowest BCUT2D eigenvalue weighted by atomic mass is 10.1. The molecule has 0 saturated heterocycles. The monoisotopic (exact) mass is 297 g/mol. The predicted octanol–water partition coefficient (Wildman–Crippen LogP) is 1.85. The van der Waals surface area contributed by atoms with E-state index in [-0.39, 0.29) is 18.0 Å². The summed E-state index contributed by atoms with van der Waals surface area (Å²) in [6, 6.07) is 1.52. The molecule has 0 fully saturated rings. The molecule has 0 saturated carbocycles. The van der Waals surface area contributed by atoms with E-state index < -0.39 is 6.03 Å². The Morgan fingerprint density at radius 1 is 1.40 bits per heavy atom. The van der Waals surface area contributed by atoms with Gasteiger partial charge in [-0.3, -0.25) is 15.0 Å². The summed E-state index contributed by atoms with van der Waals surface area (Å²) in [5.74, 6) is -0.282. The highest BCUT2D eigenvalue weighted by atomic mass is 32.1. The fourth-order valence-corrected chi connectivity index (χ4v) is 2.56. The molecule has 1 heterocycles. The highest BCUT2D eigenvalue weighted by Gasteiger charge is 2.23. The van der Waals surface area contributed by atoms with Gasteiger partial charge < -0.3 is 5.32 Å². The molecule has 2 N–H and O–H groups in total. The predicted molar refractivity (Wildman–Crippen MR) is 81.9 cm³/mol. The summed E-state index contributed by atoms with van der Waals surface area (Å²) in [5.41, 5.74) is 1.27. The third-order valence-electron chi connectivity index (χ3n) is 3.37. The first-order valence-electron chi connectivity index (χ1n) is 6.77. The number of thiophene rings is 1. The van der Waals surface area contributed by atoms with Gasteiger partial charge in [0.1, 0.15) is 0 Å². The van der Waals surface area contributed by atoms with Gasteiger partial charge in [-0.05, 0) is 56.6 Å². The molecule has 0 unspecified atom stereocenters. The van der Waals surface area contributed by atoms with E-state index in [1.54, 1.807) is 18.3 Å². The second-order valence-electron chi connectivity index (χ2n) is 4.87. The molecule has 0 radical (unpaired) electrons. The van der Waals surface area contributed by atoms with Crippen LogP contribution in [0.4, 0.5) is 4.79 Å². The summed E-state index contributed by atoms with van der Waals surface area (Å²) in [5, 5.41) is 9.06. The summed E-state index contributed by atoms with van der Waals surface area (Å²) in [6.45, 7) is 6.19. The fourth-order valence-electron chi connectivity index (χ4n) is 1.88. The maximum Gasteiger partial charge on any atom is 0.321 e. The van der Waals surface area contributed by atoms with E-state index >= 15 is 0 Å². The smallest absolute Gasteiger partial charge is 0.321 e. The van der Waals surface area contributed by atoms with E-state index in [1.807, 2.05) is 24.3 Å². The molecule has 0 aliphatic carbocycles. The number of nitrogens with one attached hydrogen (secondary N) is 2. The van der Waals surface area contributed by atoms with E-state index in [0.29, 0.717) is 6.54 Å². The molecule has 5 nitrogen and oxygen atoms in total. The van der Waals surface area contributed by atoms with Crippen molar-refractivity contribution in [2.75, 3.05) is 13.6 Å². The Morgan fingerprint density at radius 2 is 2.10 bits per heavy atom. The molecule has 2 atom stereocenters. The summed E-state index contributed by atoms with van der Waals surface area (Å²) >= 11 is 1.67. The Kier molecular flexibility index (Phi) is 6.67. The summed E-state index contributed by atoms with van der Waals surface area (Å²) in [6.07, 6.45) is 0.888. The van der Waals surface area contributed by atoms with Crippen LogP contribution in [-0.2, 0) is 11.2 Å². The van der Waals surface area contributed by atoms with Crippen LogP contribution in [-0.4, -0.2) is 42.5 Å². The lowest BCUT2D eigenvalue weighted by Crippen LogP contribution is -2.51. The molecule has 1 aromatic rings. The van der Waals surface area contributed by atoms with Gasteiger partial charge in [-0.2, -0.15) is 11.3 Å². The largest absolute Gasteiger partial charge is 0.338 e. The minimum Gasteiger partial charge on any atom is -0.338 e. The Bertz CT molecular complexity index is 434. The van der Waals surface area contributed by atoms with Crippen LogP contribution in [0.5, 0.6) is 0 Å². The van der Waals surface area contributed by atoms with Gasteiger partial charge in [-0.1, -0.05) is 0 Å². The Hall–Kier alpha value is -1.40. The molecule has 3 amide bonds. The number of hydrogen-bond donors (Lipinski definition) is 2. The van der Waals surface area contributed by atoms with Crippen molar-refractivity contribution in [3.05, 3.63) is 22.4 Å². The highest BCUT2D eigenvalue weighted by molar-refractivity contribution is 7.07. The Morgan fingerprint density at radius 3 is 2.65 bits per heavy atom. The first-order chi connectivity index (χ1) is 9.45. The SMILES string of the molecule is CCNC(=O)NC(=O)[C@@H](C)N(C)[C@@H](C)Cc1ccsc1. The van der Waals surface area contributed by atoms with Gasteiger partial charge in [0.15, 0.2) is 0 Å². The Labute approximate surface area is 124 Å². The van der Waals surface area contributed by atoms with E-state index in [4.69, 9.17) is 0 Å². The average molecular weight is 297 g/mol. The number of carbonyl (C=O) groups is 2. The number of urea groups is 1. The topological polar surface area (TPSA) is 61.4 Å². The van der Waals surface area contributed by atoms with E-state index in [2.05, 4.69) is 29.0 Å². The lowest BCUT2D eigenvalue weighted by molar-refractivity contribution is -0.124. The summed E-state index contributed by atoms with van der Waals surface area (Å²) < 4.78 is 0. The molecule has 0 aliphatic heterocycles. The number of likely N-dealkylation sites (N-methyl/N-ethyl adjacent to an activating group) is 1. The molecule has 112 valence electrons. The molecule has 1 rings (SSSR count). The normalized spacial score (nSPS) is 13.8. The first kappa shape index (κ1) is 16.7. The van der Waals surface area contributed by atoms with Crippen LogP contribution in [0.25, 0.3) is 0 Å². The fraction of sp³-hybridized carbons (Fsp3) is 0.571. The maximum atomic E-state index is 12.0. The third-order valence-corrected chi connectivity index (χ3v) is 4.10. The Balaban J connectivity index is 2.50. The van der Waals surface area contributed by atoms with E-state index in [9.17, 15) is 9.59 Å². The van der Waals surface area contributed by atoms with Crippen LogP contribution in [0.2, 0.25) is 0 Å². The molecule has 0 aliphatic rings. The molecule has 0 aromatic carbocycles. The summed E-state index contributed by atoms with van der Waals surface area (Å²) in [7, 11) is 1.90. The van der Waals surface area contributed by atoms with Gasteiger partial charge in [0.25, 0.3) is 0 Å². The zero-order chi connectivity index (χ0) is 15.1. The van der Waals surface area contributed by atoms with Crippen molar-refractivity contribution in [2.45, 2.75) is 39.3 Å². The second kappa shape index (κ2) is 8.01. The zero-order valence-electron chi connectivity index (χ0n) is 12.5. The average Bonchev–Trinajstić information content (AvgIpc) is 2.89. The van der Waals surface area contributed by atoms with Crippen molar-refractivity contribution in [1.29, 1.82) is 0 Å². The number of nitrogens with zero attached hydrogens (tertiary/aromatic N) is 1.